The summed E-state index contributed by atoms with van der Waals surface area (Å²) >= 11 is 0. The molecule has 0 radical (unpaired) electrons. The summed E-state index contributed by atoms with van der Waals surface area (Å²) in [7, 11) is 3.36. The van der Waals surface area contributed by atoms with E-state index >= 15 is 0 Å². The second kappa shape index (κ2) is 6.03. The van der Waals surface area contributed by atoms with Crippen LogP contribution < -0.4 is 10.2 Å². The number of benzene rings is 1. The fourth-order valence-electron chi connectivity index (χ4n) is 2.35. The molecule has 1 aromatic rings. The number of alkyl halides is 3. The molecule has 1 aliphatic heterocycles. The van der Waals surface area contributed by atoms with E-state index in [-0.39, 0.29) is 18.6 Å². The van der Waals surface area contributed by atoms with Crippen molar-refractivity contribution in [2.75, 3.05) is 32.2 Å². The van der Waals surface area contributed by atoms with Crippen molar-refractivity contribution in [2.24, 2.45) is 0 Å². The molecule has 4 nitrogen and oxygen atoms in total. The van der Waals surface area contributed by atoms with Crippen LogP contribution in [0.25, 0.3) is 0 Å². The standard InChI is InChI=1S/C14H17F3N2O2/c1-18-11(7-21-8-14(15,16)17)9-3-4-12-10(5-9)6-13(20)19(12)2/h3-5,11,18H,6-8H2,1-2H3. The third-order valence-electron chi connectivity index (χ3n) is 3.48. The Kier molecular flexibility index (Phi) is 4.53. The number of rotatable bonds is 5. The van der Waals surface area contributed by atoms with Crippen molar-refractivity contribution in [3.63, 3.8) is 0 Å². The first-order valence-corrected chi connectivity index (χ1v) is 6.53. The molecule has 0 bridgehead atoms. The van der Waals surface area contributed by atoms with Gasteiger partial charge in [-0.05, 0) is 24.2 Å². The first-order chi connectivity index (χ1) is 9.81. The molecule has 0 spiro atoms. The van der Waals surface area contributed by atoms with Gasteiger partial charge in [-0.3, -0.25) is 4.79 Å². The third kappa shape index (κ3) is 3.74. The zero-order valence-corrected chi connectivity index (χ0v) is 11.8. The van der Waals surface area contributed by atoms with E-state index < -0.39 is 12.8 Å². The minimum absolute atomic E-state index is 0.0106. The predicted molar refractivity (Wildman–Crippen MR) is 72.2 cm³/mol. The van der Waals surface area contributed by atoms with Gasteiger partial charge in [-0.1, -0.05) is 12.1 Å². The van der Waals surface area contributed by atoms with Gasteiger partial charge in [-0.15, -0.1) is 0 Å². The van der Waals surface area contributed by atoms with Crippen molar-refractivity contribution in [3.05, 3.63) is 29.3 Å². The molecule has 0 fully saturated rings. The highest BCUT2D eigenvalue weighted by Gasteiger charge is 2.28. The van der Waals surface area contributed by atoms with Crippen molar-refractivity contribution >= 4 is 11.6 Å². The average Bonchev–Trinajstić information content (AvgIpc) is 2.68. The number of amides is 1. The highest BCUT2D eigenvalue weighted by atomic mass is 19.4. The summed E-state index contributed by atoms with van der Waals surface area (Å²) in [5.41, 5.74) is 2.53. The maximum atomic E-state index is 12.1. The molecule has 0 saturated heterocycles. The van der Waals surface area contributed by atoms with Gasteiger partial charge in [0.2, 0.25) is 5.91 Å². The summed E-state index contributed by atoms with van der Waals surface area (Å²) in [6.45, 7) is -1.35. The zero-order valence-electron chi connectivity index (χ0n) is 11.8. The molecule has 2 rings (SSSR count). The Morgan fingerprint density at radius 1 is 1.43 bits per heavy atom. The predicted octanol–water partition coefficient (Wildman–Crippen LogP) is 2.04. The lowest BCUT2D eigenvalue weighted by molar-refractivity contribution is -0.175. The Morgan fingerprint density at radius 2 is 2.14 bits per heavy atom. The largest absolute Gasteiger partial charge is 0.411 e. The monoisotopic (exact) mass is 302 g/mol. The third-order valence-corrected chi connectivity index (χ3v) is 3.48. The van der Waals surface area contributed by atoms with Gasteiger partial charge in [0, 0.05) is 12.7 Å². The molecule has 0 aliphatic carbocycles. The van der Waals surface area contributed by atoms with E-state index in [4.69, 9.17) is 4.74 Å². The van der Waals surface area contributed by atoms with Gasteiger partial charge in [0.05, 0.1) is 19.1 Å². The van der Waals surface area contributed by atoms with Crippen LogP contribution >= 0.6 is 0 Å². The van der Waals surface area contributed by atoms with Crippen LogP contribution in [0.5, 0.6) is 0 Å². The molecule has 1 unspecified atom stereocenters. The minimum Gasteiger partial charge on any atom is -0.370 e. The van der Waals surface area contributed by atoms with Crippen LogP contribution in [0, 0.1) is 0 Å². The second-order valence-corrected chi connectivity index (χ2v) is 4.99. The van der Waals surface area contributed by atoms with E-state index in [0.717, 1.165) is 16.8 Å². The van der Waals surface area contributed by atoms with E-state index in [2.05, 4.69) is 5.32 Å². The summed E-state index contributed by atoms with van der Waals surface area (Å²) in [4.78, 5) is 13.2. The summed E-state index contributed by atoms with van der Waals surface area (Å²) in [5.74, 6) is 0.0106. The molecule has 1 aromatic carbocycles. The molecule has 1 N–H and O–H groups in total. The molecular weight excluding hydrogens is 285 g/mol. The summed E-state index contributed by atoms with van der Waals surface area (Å²) in [6.07, 6.45) is -4.01. The van der Waals surface area contributed by atoms with Gasteiger partial charge < -0.3 is 15.0 Å². The number of nitrogens with zero attached hydrogens (tertiary/aromatic N) is 1. The lowest BCUT2D eigenvalue weighted by atomic mass is 10.0. The molecule has 21 heavy (non-hydrogen) atoms. The number of halogens is 3. The van der Waals surface area contributed by atoms with E-state index in [9.17, 15) is 18.0 Å². The van der Waals surface area contributed by atoms with Crippen molar-refractivity contribution in [3.8, 4) is 0 Å². The fourth-order valence-corrected chi connectivity index (χ4v) is 2.35. The van der Waals surface area contributed by atoms with Crippen LogP contribution in [0.15, 0.2) is 18.2 Å². The van der Waals surface area contributed by atoms with Gasteiger partial charge >= 0.3 is 6.18 Å². The molecule has 7 heteroatoms. The number of hydrogen-bond acceptors (Lipinski definition) is 3. The molecule has 0 aromatic heterocycles. The molecule has 1 heterocycles. The van der Waals surface area contributed by atoms with Crippen LogP contribution in [0.1, 0.15) is 17.2 Å². The van der Waals surface area contributed by atoms with E-state index in [1.807, 2.05) is 12.1 Å². The minimum atomic E-state index is -4.33. The van der Waals surface area contributed by atoms with Crippen LogP contribution in [0.3, 0.4) is 0 Å². The summed E-state index contributed by atoms with van der Waals surface area (Å²) in [5, 5.41) is 2.93. The number of fused-ring (bicyclic) bond motifs is 1. The summed E-state index contributed by atoms with van der Waals surface area (Å²) < 4.78 is 41.0. The topological polar surface area (TPSA) is 41.6 Å². The lowest BCUT2D eigenvalue weighted by Gasteiger charge is -2.19. The Morgan fingerprint density at radius 3 is 2.76 bits per heavy atom. The molecule has 1 aliphatic rings. The lowest BCUT2D eigenvalue weighted by Crippen LogP contribution is -2.25. The van der Waals surface area contributed by atoms with Gasteiger partial charge in [0.25, 0.3) is 0 Å². The van der Waals surface area contributed by atoms with Crippen molar-refractivity contribution < 1.29 is 22.7 Å². The average molecular weight is 302 g/mol. The van der Waals surface area contributed by atoms with Crippen molar-refractivity contribution in [2.45, 2.75) is 18.6 Å². The maximum Gasteiger partial charge on any atom is 0.411 e. The number of nitrogens with one attached hydrogen (secondary N) is 1. The SMILES string of the molecule is CNC(COCC(F)(F)F)c1ccc2c(c1)CC(=O)N2C. The Bertz CT molecular complexity index is 531. The highest BCUT2D eigenvalue weighted by Crippen LogP contribution is 2.30. The number of ether oxygens (including phenoxy) is 1. The Balaban J connectivity index is 2.06. The van der Waals surface area contributed by atoms with Crippen molar-refractivity contribution in [1.82, 2.24) is 5.32 Å². The number of carbonyl (C=O) groups excluding carboxylic acids is 1. The van der Waals surface area contributed by atoms with Gasteiger partial charge in [0.1, 0.15) is 6.61 Å². The van der Waals surface area contributed by atoms with Crippen LogP contribution in [0.4, 0.5) is 18.9 Å². The molecular formula is C14H17F3N2O2. The summed E-state index contributed by atoms with van der Waals surface area (Å²) in [6, 6.07) is 5.10. The van der Waals surface area contributed by atoms with E-state index in [0.29, 0.717) is 6.42 Å². The van der Waals surface area contributed by atoms with Gasteiger partial charge in [0.15, 0.2) is 0 Å². The molecule has 0 saturated carbocycles. The zero-order chi connectivity index (χ0) is 15.6. The van der Waals surface area contributed by atoms with E-state index in [1.54, 1.807) is 25.1 Å². The van der Waals surface area contributed by atoms with Gasteiger partial charge in [-0.2, -0.15) is 13.2 Å². The second-order valence-electron chi connectivity index (χ2n) is 4.99. The normalized spacial score (nSPS) is 16.2. The Labute approximate surface area is 120 Å². The number of anilines is 1. The highest BCUT2D eigenvalue weighted by molar-refractivity contribution is 6.00. The van der Waals surface area contributed by atoms with Crippen LogP contribution in [-0.4, -0.2) is 39.4 Å². The molecule has 116 valence electrons. The molecule has 1 amide bonds. The fraction of sp³-hybridized carbons (Fsp3) is 0.500. The Hall–Kier alpha value is -1.60. The number of carbonyl (C=O) groups is 1. The van der Waals surface area contributed by atoms with E-state index in [1.165, 1.54) is 0 Å². The number of hydrogen-bond donors (Lipinski definition) is 1. The first kappa shape index (κ1) is 15.8. The number of likely N-dealkylation sites (N-methyl/N-ethyl adjacent to an activating group) is 2. The van der Waals surface area contributed by atoms with Gasteiger partial charge in [-0.25, -0.2) is 0 Å². The first-order valence-electron chi connectivity index (χ1n) is 6.53. The molecule has 1 atom stereocenters. The van der Waals surface area contributed by atoms with Crippen LogP contribution in [-0.2, 0) is 16.0 Å². The quantitative estimate of drug-likeness (QED) is 0.905. The van der Waals surface area contributed by atoms with Crippen LogP contribution in [0.2, 0.25) is 0 Å². The smallest absolute Gasteiger partial charge is 0.370 e. The van der Waals surface area contributed by atoms with Crippen molar-refractivity contribution in [1.29, 1.82) is 0 Å². The maximum absolute atomic E-state index is 12.1.